The van der Waals surface area contributed by atoms with Crippen LogP contribution in [0.4, 0.5) is 0 Å². The number of amides is 1. The third kappa shape index (κ3) is 4.56. The molecule has 0 aliphatic carbocycles. The summed E-state index contributed by atoms with van der Waals surface area (Å²) in [4.78, 5) is 22.4. The Hall–Kier alpha value is -2.19. The molecule has 0 radical (unpaired) electrons. The van der Waals surface area contributed by atoms with Crippen molar-refractivity contribution >= 4 is 15.9 Å². The van der Waals surface area contributed by atoms with Crippen LogP contribution >= 0.6 is 0 Å². The number of hydrogen-bond acceptors (Lipinski definition) is 4. The zero-order valence-corrected chi connectivity index (χ0v) is 16.6. The van der Waals surface area contributed by atoms with Gasteiger partial charge in [0.25, 0.3) is 0 Å². The van der Waals surface area contributed by atoms with Gasteiger partial charge in [0.15, 0.2) is 0 Å². The number of benzene rings is 1. The van der Waals surface area contributed by atoms with Crippen molar-refractivity contribution in [3.8, 4) is 11.3 Å². The molecular weight excluding hydrogens is 364 g/mol. The number of rotatable bonds is 6. The van der Waals surface area contributed by atoms with Crippen molar-refractivity contribution in [1.29, 1.82) is 0 Å². The van der Waals surface area contributed by atoms with E-state index in [2.05, 4.69) is 9.97 Å². The average Bonchev–Trinajstić information content (AvgIpc) is 3.17. The van der Waals surface area contributed by atoms with E-state index in [0.29, 0.717) is 6.54 Å². The summed E-state index contributed by atoms with van der Waals surface area (Å²) in [6, 6.07) is 9.78. The van der Waals surface area contributed by atoms with Crippen molar-refractivity contribution in [2.75, 3.05) is 26.4 Å². The van der Waals surface area contributed by atoms with Gasteiger partial charge in [0.1, 0.15) is 5.82 Å². The van der Waals surface area contributed by atoms with Crippen molar-refractivity contribution in [3.63, 3.8) is 0 Å². The lowest BCUT2D eigenvalue weighted by molar-refractivity contribution is -0.134. The number of carbonyl (C=O) groups excluding carboxylic acids is 1. The van der Waals surface area contributed by atoms with Crippen molar-refractivity contribution in [2.24, 2.45) is 0 Å². The minimum Gasteiger partial charge on any atom is -0.340 e. The van der Waals surface area contributed by atoms with Gasteiger partial charge in [-0.2, -0.15) is 0 Å². The molecule has 1 fully saturated rings. The van der Waals surface area contributed by atoms with Gasteiger partial charge in [-0.25, -0.2) is 17.7 Å². The molecule has 2 heterocycles. The number of sulfonamides is 1. The summed E-state index contributed by atoms with van der Waals surface area (Å²) < 4.78 is 25.1. The van der Waals surface area contributed by atoms with Crippen molar-refractivity contribution < 1.29 is 13.2 Å². The number of H-pyrrole nitrogens is 1. The lowest BCUT2D eigenvalue weighted by atomic mass is 10.0. The second-order valence-electron chi connectivity index (χ2n) is 7.00. The highest BCUT2D eigenvalue weighted by Crippen LogP contribution is 2.31. The number of imidazole rings is 1. The Balaban J connectivity index is 1.74. The smallest absolute Gasteiger partial charge is 0.224 e. The highest BCUT2D eigenvalue weighted by molar-refractivity contribution is 7.89. The van der Waals surface area contributed by atoms with E-state index in [1.807, 2.05) is 30.3 Å². The fraction of sp³-hybridized carbons (Fsp3) is 0.474. The third-order valence-corrected chi connectivity index (χ3v) is 6.78. The molecule has 0 bridgehead atoms. The summed E-state index contributed by atoms with van der Waals surface area (Å²) in [6.07, 6.45) is 4.55. The molecular formula is C19H26N4O3S. The van der Waals surface area contributed by atoms with Crippen molar-refractivity contribution in [3.05, 3.63) is 42.4 Å². The Morgan fingerprint density at radius 3 is 2.70 bits per heavy atom. The molecule has 1 N–H and O–H groups in total. The maximum absolute atomic E-state index is 12.7. The number of likely N-dealkylation sites (tertiary alicyclic amines) is 1. The highest BCUT2D eigenvalue weighted by atomic mass is 32.2. The Morgan fingerprint density at radius 1 is 1.26 bits per heavy atom. The summed E-state index contributed by atoms with van der Waals surface area (Å²) >= 11 is 0. The fourth-order valence-corrected chi connectivity index (χ4v) is 4.12. The Bertz CT molecular complexity index is 877. The van der Waals surface area contributed by atoms with Crippen LogP contribution in [0.3, 0.4) is 0 Å². The van der Waals surface area contributed by atoms with Crippen LogP contribution in [0.1, 0.15) is 37.5 Å². The predicted molar refractivity (Wildman–Crippen MR) is 104 cm³/mol. The number of piperidine rings is 1. The Labute approximate surface area is 160 Å². The van der Waals surface area contributed by atoms with Gasteiger partial charge in [0, 0.05) is 27.1 Å². The lowest BCUT2D eigenvalue weighted by Crippen LogP contribution is -2.40. The summed E-state index contributed by atoms with van der Waals surface area (Å²) in [7, 11) is -0.416. The highest BCUT2D eigenvalue weighted by Gasteiger charge is 2.30. The molecule has 0 unspecified atom stereocenters. The van der Waals surface area contributed by atoms with Crippen LogP contribution in [0.25, 0.3) is 11.3 Å². The molecule has 8 heteroatoms. The zero-order valence-electron chi connectivity index (χ0n) is 15.8. The summed E-state index contributed by atoms with van der Waals surface area (Å²) in [5.74, 6) is 0.454. The predicted octanol–water partition coefficient (Wildman–Crippen LogP) is 2.41. The first-order valence-electron chi connectivity index (χ1n) is 9.18. The van der Waals surface area contributed by atoms with E-state index in [9.17, 15) is 13.2 Å². The molecule has 7 nitrogen and oxygen atoms in total. The van der Waals surface area contributed by atoms with Crippen LogP contribution in [-0.4, -0.2) is 59.9 Å². The van der Waals surface area contributed by atoms with Crippen molar-refractivity contribution in [2.45, 2.75) is 31.7 Å². The molecule has 1 aliphatic rings. The van der Waals surface area contributed by atoms with E-state index in [1.165, 1.54) is 14.1 Å². The van der Waals surface area contributed by atoms with E-state index in [4.69, 9.17) is 0 Å². The Morgan fingerprint density at radius 2 is 2.00 bits per heavy atom. The topological polar surface area (TPSA) is 86.4 Å². The molecule has 0 spiro atoms. The summed E-state index contributed by atoms with van der Waals surface area (Å²) in [5.41, 5.74) is 1.96. The number of nitrogens with zero attached hydrogens (tertiary/aromatic N) is 3. The maximum Gasteiger partial charge on any atom is 0.224 e. The molecule has 1 amide bonds. The van der Waals surface area contributed by atoms with Gasteiger partial charge in [-0.15, -0.1) is 0 Å². The first kappa shape index (κ1) is 19.6. The van der Waals surface area contributed by atoms with Crippen LogP contribution in [0, 0.1) is 0 Å². The molecule has 1 saturated heterocycles. The number of aromatic nitrogens is 2. The van der Waals surface area contributed by atoms with Gasteiger partial charge in [-0.1, -0.05) is 30.3 Å². The van der Waals surface area contributed by atoms with Gasteiger partial charge < -0.3 is 9.88 Å². The standard InChI is InChI=1S/C19H26N4O3S/c1-22(2)27(25,26)13-11-18(24)23-12-7-6-10-17(23)19-20-14-16(21-19)15-8-4-3-5-9-15/h3-5,8-9,14,17H,6-7,10-13H2,1-2H3,(H,20,21)/t17-/m1/s1. The number of hydrogen-bond donors (Lipinski definition) is 1. The molecule has 2 aromatic rings. The maximum atomic E-state index is 12.7. The average molecular weight is 391 g/mol. The monoisotopic (exact) mass is 390 g/mol. The summed E-state index contributed by atoms with van der Waals surface area (Å²) in [5, 5.41) is 0. The molecule has 27 heavy (non-hydrogen) atoms. The molecule has 146 valence electrons. The van der Waals surface area contributed by atoms with Crippen LogP contribution in [0.2, 0.25) is 0 Å². The molecule has 1 aliphatic heterocycles. The molecule has 1 atom stereocenters. The minimum absolute atomic E-state index is 0.0107. The SMILES string of the molecule is CN(C)S(=O)(=O)CCC(=O)N1CCCC[C@@H]1c1ncc(-c2ccccc2)[nH]1. The number of nitrogens with one attached hydrogen (secondary N) is 1. The third-order valence-electron chi connectivity index (χ3n) is 4.95. The van der Waals surface area contributed by atoms with Gasteiger partial charge >= 0.3 is 0 Å². The lowest BCUT2D eigenvalue weighted by Gasteiger charge is -2.34. The van der Waals surface area contributed by atoms with Gasteiger partial charge in [0.05, 0.1) is 23.7 Å². The number of aromatic amines is 1. The normalized spacial score (nSPS) is 18.0. The van der Waals surface area contributed by atoms with Crippen LogP contribution in [0.15, 0.2) is 36.5 Å². The van der Waals surface area contributed by atoms with E-state index in [1.54, 1.807) is 11.1 Å². The second kappa shape index (κ2) is 8.22. The Kier molecular flexibility index (Phi) is 5.96. The van der Waals surface area contributed by atoms with Crippen molar-refractivity contribution in [1.82, 2.24) is 19.2 Å². The largest absolute Gasteiger partial charge is 0.340 e. The molecule has 1 aromatic carbocycles. The molecule has 3 rings (SSSR count). The van der Waals surface area contributed by atoms with Crippen LogP contribution in [0.5, 0.6) is 0 Å². The van der Waals surface area contributed by atoms with Gasteiger partial charge in [-0.3, -0.25) is 4.79 Å². The first-order chi connectivity index (χ1) is 12.9. The number of carbonyl (C=O) groups is 1. The van der Waals surface area contributed by atoms with E-state index < -0.39 is 10.0 Å². The second-order valence-corrected chi connectivity index (χ2v) is 9.30. The van der Waals surface area contributed by atoms with Gasteiger partial charge in [-0.05, 0) is 24.8 Å². The molecule has 1 aromatic heterocycles. The van der Waals surface area contributed by atoms with E-state index in [0.717, 1.165) is 40.6 Å². The minimum atomic E-state index is -3.38. The zero-order chi connectivity index (χ0) is 19.4. The van der Waals surface area contributed by atoms with E-state index >= 15 is 0 Å². The summed E-state index contributed by atoms with van der Waals surface area (Å²) in [6.45, 7) is 0.632. The quantitative estimate of drug-likeness (QED) is 0.821. The fourth-order valence-electron chi connectivity index (χ4n) is 3.33. The van der Waals surface area contributed by atoms with Crippen LogP contribution < -0.4 is 0 Å². The van der Waals surface area contributed by atoms with Crippen LogP contribution in [-0.2, 0) is 14.8 Å². The van der Waals surface area contributed by atoms with Gasteiger partial charge in [0.2, 0.25) is 15.9 Å². The first-order valence-corrected chi connectivity index (χ1v) is 10.8. The van der Waals surface area contributed by atoms with E-state index in [-0.39, 0.29) is 24.1 Å². The molecule has 0 saturated carbocycles.